The van der Waals surface area contributed by atoms with Crippen molar-refractivity contribution in [3.8, 4) is 0 Å². The molecule has 104 valence electrons. The van der Waals surface area contributed by atoms with E-state index in [1.165, 1.54) is 24.3 Å². The molecule has 0 saturated heterocycles. The number of hydrogen-bond acceptors (Lipinski definition) is 5. The van der Waals surface area contributed by atoms with Crippen LogP contribution in [0, 0.1) is 0 Å². The molecule has 1 N–H and O–H groups in total. The van der Waals surface area contributed by atoms with Gasteiger partial charge in [-0.1, -0.05) is 12.1 Å². The fraction of sp³-hybridized carbons (Fsp3) is 0.0769. The number of benzene rings is 1. The van der Waals surface area contributed by atoms with Crippen molar-refractivity contribution in [2.24, 2.45) is 0 Å². The summed E-state index contributed by atoms with van der Waals surface area (Å²) < 4.78 is 26.4. The first-order valence-corrected chi connectivity index (χ1v) is 7.17. The number of aromatic nitrogens is 1. The Labute approximate surface area is 116 Å². The zero-order valence-corrected chi connectivity index (χ0v) is 11.1. The number of carbonyl (C=O) groups excluding carboxylic acids is 1. The molecule has 1 heterocycles. The van der Waals surface area contributed by atoms with E-state index in [0.717, 1.165) is 5.56 Å². The van der Waals surface area contributed by atoms with Gasteiger partial charge >= 0.3 is 0 Å². The minimum absolute atomic E-state index is 0.00319. The molecule has 2 aromatic rings. The fourth-order valence-electron chi connectivity index (χ4n) is 1.53. The number of pyridine rings is 1. The van der Waals surface area contributed by atoms with E-state index >= 15 is 0 Å². The lowest BCUT2D eigenvalue weighted by Gasteiger charge is -2.08. The first-order valence-electron chi connectivity index (χ1n) is 5.69. The van der Waals surface area contributed by atoms with Crippen molar-refractivity contribution in [2.75, 3.05) is 0 Å². The molecule has 0 bridgehead atoms. The first-order chi connectivity index (χ1) is 9.49. The van der Waals surface area contributed by atoms with Crippen molar-refractivity contribution in [2.45, 2.75) is 11.4 Å². The molecule has 0 saturated carbocycles. The average molecular weight is 291 g/mol. The second kappa shape index (κ2) is 5.81. The maximum atomic E-state index is 12.0. The number of nitrogens with zero attached hydrogens (tertiary/aromatic N) is 1. The highest BCUT2D eigenvalue weighted by Crippen LogP contribution is 2.11. The van der Waals surface area contributed by atoms with Crippen molar-refractivity contribution in [3.63, 3.8) is 0 Å². The quantitative estimate of drug-likeness (QED) is 0.831. The van der Waals surface area contributed by atoms with E-state index in [9.17, 15) is 18.3 Å². The minimum atomic E-state index is -3.68. The van der Waals surface area contributed by atoms with E-state index < -0.39 is 16.0 Å². The van der Waals surface area contributed by atoms with E-state index in [4.69, 9.17) is 0 Å². The van der Waals surface area contributed by atoms with Crippen LogP contribution in [-0.2, 0) is 16.6 Å². The highest BCUT2D eigenvalue weighted by atomic mass is 32.2. The Morgan fingerprint density at radius 3 is 2.25 bits per heavy atom. The highest BCUT2D eigenvalue weighted by Gasteiger charge is 2.13. The van der Waals surface area contributed by atoms with Gasteiger partial charge < -0.3 is 9.90 Å². The van der Waals surface area contributed by atoms with Gasteiger partial charge in [0, 0.05) is 18.9 Å². The summed E-state index contributed by atoms with van der Waals surface area (Å²) in [5.74, 6) is -1.35. The lowest BCUT2D eigenvalue weighted by atomic mass is 10.2. The number of rotatable bonds is 5. The third-order valence-electron chi connectivity index (χ3n) is 2.62. The van der Waals surface area contributed by atoms with Crippen LogP contribution in [0.25, 0.3) is 0 Å². The van der Waals surface area contributed by atoms with E-state index in [1.807, 2.05) is 0 Å². The number of aromatic carboxylic acids is 1. The molecule has 6 nitrogen and oxygen atoms in total. The summed E-state index contributed by atoms with van der Waals surface area (Å²) in [6.07, 6.45) is 3.14. The molecule has 20 heavy (non-hydrogen) atoms. The molecular weight excluding hydrogens is 280 g/mol. The van der Waals surface area contributed by atoms with E-state index in [-0.39, 0.29) is 17.0 Å². The van der Waals surface area contributed by atoms with Gasteiger partial charge in [0.2, 0.25) is 10.0 Å². The summed E-state index contributed by atoms with van der Waals surface area (Å²) in [5.41, 5.74) is 0.702. The Kier molecular flexibility index (Phi) is 4.11. The van der Waals surface area contributed by atoms with Crippen LogP contribution in [0.4, 0.5) is 0 Å². The molecule has 0 unspecified atom stereocenters. The third-order valence-corrected chi connectivity index (χ3v) is 4.03. The maximum absolute atomic E-state index is 12.0. The van der Waals surface area contributed by atoms with Crippen molar-refractivity contribution in [1.82, 2.24) is 9.71 Å². The fourth-order valence-corrected chi connectivity index (χ4v) is 2.55. The smallest absolute Gasteiger partial charge is 0.240 e. The van der Waals surface area contributed by atoms with Crippen LogP contribution in [0.3, 0.4) is 0 Å². The Hall–Kier alpha value is -2.25. The van der Waals surface area contributed by atoms with Crippen LogP contribution in [-0.4, -0.2) is 19.4 Å². The topological polar surface area (TPSA) is 99.2 Å². The zero-order valence-electron chi connectivity index (χ0n) is 10.3. The van der Waals surface area contributed by atoms with Gasteiger partial charge in [0.05, 0.1) is 10.9 Å². The first kappa shape index (κ1) is 14.2. The van der Waals surface area contributed by atoms with Gasteiger partial charge in [-0.2, -0.15) is 0 Å². The van der Waals surface area contributed by atoms with Crippen LogP contribution in [0.2, 0.25) is 0 Å². The average Bonchev–Trinajstić information content (AvgIpc) is 2.46. The molecule has 1 aromatic carbocycles. The number of nitrogens with one attached hydrogen (secondary N) is 1. The van der Waals surface area contributed by atoms with Crippen molar-refractivity contribution >= 4 is 16.0 Å². The molecule has 0 radical (unpaired) electrons. The van der Waals surface area contributed by atoms with E-state index in [2.05, 4.69) is 9.71 Å². The summed E-state index contributed by atoms with van der Waals surface area (Å²) in [6, 6.07) is 8.22. The second-order valence-corrected chi connectivity index (χ2v) is 5.76. The summed E-state index contributed by atoms with van der Waals surface area (Å²) in [4.78, 5) is 14.4. The highest BCUT2D eigenvalue weighted by molar-refractivity contribution is 7.89. The predicted octanol–water partition coefficient (Wildman–Crippen LogP) is -0.0764. The van der Waals surface area contributed by atoms with Crippen molar-refractivity contribution in [3.05, 3.63) is 59.9 Å². The molecule has 0 aliphatic rings. The molecule has 0 fully saturated rings. The molecule has 7 heteroatoms. The molecule has 0 aliphatic carbocycles. The number of carbonyl (C=O) groups is 1. The lowest BCUT2D eigenvalue weighted by molar-refractivity contribution is -0.255. The summed E-state index contributed by atoms with van der Waals surface area (Å²) in [5, 5.41) is 10.6. The number of sulfonamides is 1. The Morgan fingerprint density at radius 1 is 1.10 bits per heavy atom. The van der Waals surface area contributed by atoms with E-state index in [1.54, 1.807) is 24.5 Å². The SMILES string of the molecule is O=C([O-])c1ccc(S(=O)(=O)NCc2ccncc2)cc1. The van der Waals surface area contributed by atoms with Gasteiger partial charge in [-0.15, -0.1) is 0 Å². The standard InChI is InChI=1S/C13H12N2O4S/c16-13(17)11-1-3-12(4-2-11)20(18,19)15-9-10-5-7-14-8-6-10/h1-8,15H,9H2,(H,16,17)/p-1. The van der Waals surface area contributed by atoms with Crippen molar-refractivity contribution in [1.29, 1.82) is 0 Å². The monoisotopic (exact) mass is 291 g/mol. The van der Waals surface area contributed by atoms with Gasteiger partial charge in [0.1, 0.15) is 0 Å². The predicted molar refractivity (Wildman–Crippen MR) is 69.0 cm³/mol. The summed E-state index contributed by atoms with van der Waals surface area (Å²) in [6.45, 7) is 0.132. The Bertz CT molecular complexity index is 697. The molecular formula is C13H11N2O4S-. The summed E-state index contributed by atoms with van der Waals surface area (Å²) in [7, 11) is -3.68. The van der Waals surface area contributed by atoms with Gasteiger partial charge in [-0.3, -0.25) is 4.98 Å². The number of carboxylic acids is 1. The van der Waals surface area contributed by atoms with E-state index in [0.29, 0.717) is 0 Å². The molecule has 1 aromatic heterocycles. The zero-order chi connectivity index (χ0) is 14.6. The van der Waals surface area contributed by atoms with Gasteiger partial charge in [0.25, 0.3) is 0 Å². The van der Waals surface area contributed by atoms with Gasteiger partial charge in [0.15, 0.2) is 0 Å². The largest absolute Gasteiger partial charge is 0.545 e. The maximum Gasteiger partial charge on any atom is 0.240 e. The van der Waals surface area contributed by atoms with Gasteiger partial charge in [-0.25, -0.2) is 13.1 Å². The molecule has 0 atom stereocenters. The van der Waals surface area contributed by atoms with Crippen LogP contribution in [0.1, 0.15) is 15.9 Å². The van der Waals surface area contributed by atoms with Gasteiger partial charge in [-0.05, 0) is 35.4 Å². The van der Waals surface area contributed by atoms with Crippen LogP contribution in [0.15, 0.2) is 53.7 Å². The van der Waals surface area contributed by atoms with Crippen LogP contribution < -0.4 is 9.83 Å². The molecule has 2 rings (SSSR count). The van der Waals surface area contributed by atoms with Crippen LogP contribution in [0.5, 0.6) is 0 Å². The second-order valence-electron chi connectivity index (χ2n) is 3.99. The number of hydrogen-bond donors (Lipinski definition) is 1. The third kappa shape index (κ3) is 3.40. The molecule has 0 aliphatic heterocycles. The Balaban J connectivity index is 2.12. The van der Waals surface area contributed by atoms with Crippen LogP contribution >= 0.6 is 0 Å². The normalized spacial score (nSPS) is 11.2. The Morgan fingerprint density at radius 2 is 1.70 bits per heavy atom. The minimum Gasteiger partial charge on any atom is -0.545 e. The van der Waals surface area contributed by atoms with Crippen molar-refractivity contribution < 1.29 is 18.3 Å². The lowest BCUT2D eigenvalue weighted by Crippen LogP contribution is -2.24. The number of carboxylic acid groups (broad SMARTS) is 1. The molecule has 0 amide bonds. The molecule has 0 spiro atoms. The summed E-state index contributed by atoms with van der Waals surface area (Å²) >= 11 is 0.